The van der Waals surface area contributed by atoms with Crippen LogP contribution < -0.4 is 10.2 Å². The molecule has 1 atom stereocenters. The van der Waals surface area contributed by atoms with E-state index in [9.17, 15) is 10.1 Å². The Morgan fingerprint density at radius 2 is 2.28 bits per heavy atom. The summed E-state index contributed by atoms with van der Waals surface area (Å²) in [6.07, 6.45) is 3.52. The van der Waals surface area contributed by atoms with Crippen molar-refractivity contribution in [2.75, 3.05) is 18.0 Å². The molecule has 25 heavy (non-hydrogen) atoms. The van der Waals surface area contributed by atoms with Gasteiger partial charge in [0.25, 0.3) is 5.91 Å². The van der Waals surface area contributed by atoms with Crippen molar-refractivity contribution in [1.82, 2.24) is 20.1 Å². The standard InChI is InChI=1S/C17H19BrN6O/c1-11-6-15(23(2)22-11)17(25)21-14-4-3-5-24(10-14)16-12(8-19)7-13(18)9-20-16/h6-7,9,14H,3-5,10H2,1-2H3,(H,21,25). The molecule has 0 aliphatic carbocycles. The fourth-order valence-corrected chi connectivity index (χ4v) is 3.47. The van der Waals surface area contributed by atoms with Crippen molar-refractivity contribution in [3.63, 3.8) is 0 Å². The third-order valence-corrected chi connectivity index (χ3v) is 4.68. The van der Waals surface area contributed by atoms with Gasteiger partial charge in [0.1, 0.15) is 17.6 Å². The minimum Gasteiger partial charge on any atom is -0.353 e. The zero-order valence-corrected chi connectivity index (χ0v) is 15.7. The quantitative estimate of drug-likeness (QED) is 0.849. The molecule has 7 nitrogen and oxygen atoms in total. The van der Waals surface area contributed by atoms with E-state index in [-0.39, 0.29) is 11.9 Å². The SMILES string of the molecule is Cc1cc(C(=O)NC2CCCN(c3ncc(Br)cc3C#N)C2)n(C)n1. The second-order valence-corrected chi connectivity index (χ2v) is 7.11. The lowest BCUT2D eigenvalue weighted by molar-refractivity contribution is 0.0923. The molecule has 0 spiro atoms. The van der Waals surface area contributed by atoms with E-state index >= 15 is 0 Å². The number of aromatic nitrogens is 3. The van der Waals surface area contributed by atoms with Crippen molar-refractivity contribution >= 4 is 27.7 Å². The molecule has 1 saturated heterocycles. The van der Waals surface area contributed by atoms with Crippen LogP contribution in [-0.4, -0.2) is 39.8 Å². The summed E-state index contributed by atoms with van der Waals surface area (Å²) < 4.78 is 2.37. The van der Waals surface area contributed by atoms with Gasteiger partial charge in [0.05, 0.1) is 11.3 Å². The first-order valence-electron chi connectivity index (χ1n) is 8.10. The molecular weight excluding hydrogens is 384 g/mol. The van der Waals surface area contributed by atoms with Crippen LogP contribution in [0.1, 0.15) is 34.6 Å². The van der Waals surface area contributed by atoms with Crippen molar-refractivity contribution in [2.24, 2.45) is 7.05 Å². The summed E-state index contributed by atoms with van der Waals surface area (Å²) in [4.78, 5) is 18.9. The minimum atomic E-state index is -0.126. The highest BCUT2D eigenvalue weighted by molar-refractivity contribution is 9.10. The summed E-state index contributed by atoms with van der Waals surface area (Å²) in [6.45, 7) is 3.31. The molecular formula is C17H19BrN6O. The summed E-state index contributed by atoms with van der Waals surface area (Å²) in [5, 5.41) is 16.6. The molecule has 1 amide bonds. The number of hydrogen-bond acceptors (Lipinski definition) is 5. The number of nitriles is 1. The first-order chi connectivity index (χ1) is 12.0. The van der Waals surface area contributed by atoms with Crippen LogP contribution in [0.2, 0.25) is 0 Å². The number of hydrogen-bond donors (Lipinski definition) is 1. The van der Waals surface area contributed by atoms with Gasteiger partial charge in [0, 0.05) is 36.8 Å². The molecule has 0 aromatic carbocycles. The topological polar surface area (TPSA) is 86.8 Å². The minimum absolute atomic E-state index is 0.00782. The normalized spacial score (nSPS) is 17.2. The summed E-state index contributed by atoms with van der Waals surface area (Å²) >= 11 is 3.34. The van der Waals surface area contributed by atoms with Crippen molar-refractivity contribution in [2.45, 2.75) is 25.8 Å². The Morgan fingerprint density at radius 3 is 2.96 bits per heavy atom. The molecule has 0 saturated carbocycles. The number of nitrogens with zero attached hydrogens (tertiary/aromatic N) is 5. The molecule has 3 heterocycles. The molecule has 3 rings (SSSR count). The van der Waals surface area contributed by atoms with E-state index in [4.69, 9.17) is 0 Å². The molecule has 1 aliphatic rings. The summed E-state index contributed by atoms with van der Waals surface area (Å²) in [5.74, 6) is 0.542. The molecule has 0 radical (unpaired) electrons. The molecule has 1 unspecified atom stereocenters. The Hall–Kier alpha value is -2.40. The number of carbonyl (C=O) groups excluding carboxylic acids is 1. The van der Waals surface area contributed by atoms with Crippen LogP contribution >= 0.6 is 15.9 Å². The summed E-state index contributed by atoms with van der Waals surface area (Å²) in [7, 11) is 1.76. The highest BCUT2D eigenvalue weighted by Crippen LogP contribution is 2.24. The van der Waals surface area contributed by atoms with Gasteiger partial charge in [-0.3, -0.25) is 9.48 Å². The molecule has 1 fully saturated rings. The number of aryl methyl sites for hydroxylation is 2. The Morgan fingerprint density at radius 1 is 1.48 bits per heavy atom. The van der Waals surface area contributed by atoms with E-state index in [1.807, 2.05) is 6.92 Å². The maximum absolute atomic E-state index is 12.5. The molecule has 2 aromatic rings. The van der Waals surface area contributed by atoms with Crippen LogP contribution in [0.15, 0.2) is 22.8 Å². The first kappa shape index (κ1) is 17.4. The zero-order chi connectivity index (χ0) is 18.0. The molecule has 1 N–H and O–H groups in total. The van der Waals surface area contributed by atoms with E-state index in [1.165, 1.54) is 0 Å². The number of amides is 1. The second kappa shape index (κ2) is 7.23. The predicted octanol–water partition coefficient (Wildman–Crippen LogP) is 2.16. The lowest BCUT2D eigenvalue weighted by Gasteiger charge is -2.34. The van der Waals surface area contributed by atoms with Crippen molar-refractivity contribution in [1.29, 1.82) is 5.26 Å². The van der Waals surface area contributed by atoms with Crippen LogP contribution in [0.25, 0.3) is 0 Å². The van der Waals surface area contributed by atoms with Gasteiger partial charge in [0.2, 0.25) is 0 Å². The summed E-state index contributed by atoms with van der Waals surface area (Å²) in [6, 6.07) is 5.74. The van der Waals surface area contributed by atoms with Gasteiger partial charge >= 0.3 is 0 Å². The number of halogens is 1. The number of rotatable bonds is 3. The number of piperidine rings is 1. The highest BCUT2D eigenvalue weighted by atomic mass is 79.9. The maximum Gasteiger partial charge on any atom is 0.269 e. The number of carbonyl (C=O) groups is 1. The molecule has 1 aliphatic heterocycles. The van der Waals surface area contributed by atoms with E-state index in [0.717, 1.165) is 29.6 Å². The zero-order valence-electron chi connectivity index (χ0n) is 14.2. The Balaban J connectivity index is 1.73. The second-order valence-electron chi connectivity index (χ2n) is 6.19. The predicted molar refractivity (Wildman–Crippen MR) is 97.3 cm³/mol. The van der Waals surface area contributed by atoms with Gasteiger partial charge in [-0.05, 0) is 47.8 Å². The number of anilines is 1. The van der Waals surface area contributed by atoms with E-state index in [0.29, 0.717) is 23.6 Å². The Bertz CT molecular complexity index is 840. The lowest BCUT2D eigenvalue weighted by atomic mass is 10.0. The van der Waals surface area contributed by atoms with Crippen molar-refractivity contribution in [3.05, 3.63) is 39.8 Å². The largest absolute Gasteiger partial charge is 0.353 e. The first-order valence-corrected chi connectivity index (χ1v) is 8.89. The van der Waals surface area contributed by atoms with Crippen molar-refractivity contribution < 1.29 is 4.79 Å². The van der Waals surface area contributed by atoms with Gasteiger partial charge in [-0.2, -0.15) is 10.4 Å². The third kappa shape index (κ3) is 3.82. The fraction of sp³-hybridized carbons (Fsp3) is 0.412. The third-order valence-electron chi connectivity index (χ3n) is 4.24. The van der Waals surface area contributed by atoms with Crippen molar-refractivity contribution in [3.8, 4) is 6.07 Å². The number of nitrogens with one attached hydrogen (secondary N) is 1. The van der Waals surface area contributed by atoms with Crippen LogP contribution in [-0.2, 0) is 7.05 Å². The lowest BCUT2D eigenvalue weighted by Crippen LogP contribution is -2.48. The number of pyridine rings is 1. The van der Waals surface area contributed by atoms with Gasteiger partial charge in [-0.25, -0.2) is 4.98 Å². The van der Waals surface area contributed by atoms with Gasteiger partial charge in [0.15, 0.2) is 0 Å². The monoisotopic (exact) mass is 402 g/mol. The Kier molecular flexibility index (Phi) is 5.04. The smallest absolute Gasteiger partial charge is 0.269 e. The molecule has 130 valence electrons. The summed E-state index contributed by atoms with van der Waals surface area (Å²) in [5.41, 5.74) is 1.90. The fourth-order valence-electron chi connectivity index (χ4n) is 3.14. The molecule has 2 aromatic heterocycles. The maximum atomic E-state index is 12.5. The van der Waals surface area contributed by atoms with Crippen LogP contribution in [0.5, 0.6) is 0 Å². The Labute approximate surface area is 154 Å². The van der Waals surface area contributed by atoms with Gasteiger partial charge < -0.3 is 10.2 Å². The average molecular weight is 403 g/mol. The average Bonchev–Trinajstić information content (AvgIpc) is 2.93. The van der Waals surface area contributed by atoms with Crippen LogP contribution in [0.4, 0.5) is 5.82 Å². The van der Waals surface area contributed by atoms with E-state index < -0.39 is 0 Å². The van der Waals surface area contributed by atoms with E-state index in [2.05, 4.69) is 42.3 Å². The molecule has 0 bridgehead atoms. The van der Waals surface area contributed by atoms with Gasteiger partial charge in [-0.15, -0.1) is 0 Å². The van der Waals surface area contributed by atoms with Crippen LogP contribution in [0.3, 0.4) is 0 Å². The molecule has 8 heteroatoms. The van der Waals surface area contributed by atoms with E-state index in [1.54, 1.807) is 30.1 Å². The van der Waals surface area contributed by atoms with Gasteiger partial charge in [-0.1, -0.05) is 0 Å². The van der Waals surface area contributed by atoms with Crippen LogP contribution in [0, 0.1) is 18.3 Å². The highest BCUT2D eigenvalue weighted by Gasteiger charge is 2.25.